The lowest BCUT2D eigenvalue weighted by Gasteiger charge is -2.28. The van der Waals surface area contributed by atoms with Crippen molar-refractivity contribution in [2.45, 2.75) is 44.8 Å². The lowest BCUT2D eigenvalue weighted by atomic mass is 10.1. The van der Waals surface area contributed by atoms with E-state index in [1.54, 1.807) is 6.33 Å². The van der Waals surface area contributed by atoms with Gasteiger partial charge in [0, 0.05) is 31.8 Å². The maximum atomic E-state index is 5.84. The van der Waals surface area contributed by atoms with Gasteiger partial charge in [-0.05, 0) is 32.6 Å². The number of ether oxygens (including phenoxy) is 2. The zero-order valence-corrected chi connectivity index (χ0v) is 13.3. The van der Waals surface area contributed by atoms with Crippen molar-refractivity contribution in [3.8, 4) is 0 Å². The monoisotopic (exact) mass is 306 g/mol. The highest BCUT2D eigenvalue weighted by molar-refractivity contribution is 5.49. The van der Waals surface area contributed by atoms with Crippen molar-refractivity contribution in [1.82, 2.24) is 9.97 Å². The Kier molecular flexibility index (Phi) is 5.45. The van der Waals surface area contributed by atoms with Gasteiger partial charge in [0.15, 0.2) is 0 Å². The van der Waals surface area contributed by atoms with Gasteiger partial charge in [0.2, 0.25) is 0 Å². The van der Waals surface area contributed by atoms with Crippen molar-refractivity contribution < 1.29 is 9.47 Å². The van der Waals surface area contributed by atoms with Crippen molar-refractivity contribution in [1.29, 1.82) is 0 Å². The molecular formula is C16H26N4O2. The van der Waals surface area contributed by atoms with Crippen molar-refractivity contribution in [2.75, 3.05) is 43.1 Å². The third-order valence-corrected chi connectivity index (χ3v) is 4.20. The van der Waals surface area contributed by atoms with E-state index in [2.05, 4.69) is 27.1 Å². The number of piperidine rings is 1. The summed E-state index contributed by atoms with van der Waals surface area (Å²) >= 11 is 0. The first-order chi connectivity index (χ1) is 10.8. The molecule has 22 heavy (non-hydrogen) atoms. The second-order valence-electron chi connectivity index (χ2n) is 6.17. The van der Waals surface area contributed by atoms with E-state index in [0.29, 0.717) is 6.61 Å². The van der Waals surface area contributed by atoms with Crippen molar-refractivity contribution in [3.05, 3.63) is 12.4 Å². The van der Waals surface area contributed by atoms with Crippen molar-refractivity contribution in [3.63, 3.8) is 0 Å². The van der Waals surface area contributed by atoms with Gasteiger partial charge in [-0.1, -0.05) is 0 Å². The number of hydrogen-bond donors (Lipinski definition) is 1. The first-order valence-electron chi connectivity index (χ1n) is 8.34. The van der Waals surface area contributed by atoms with Crippen LogP contribution in [0.3, 0.4) is 0 Å². The second kappa shape index (κ2) is 7.74. The number of nitrogens with one attached hydrogen (secondary N) is 1. The summed E-state index contributed by atoms with van der Waals surface area (Å²) in [6, 6.07) is 2.25. The fraction of sp³-hybridized carbons (Fsp3) is 0.750. The van der Waals surface area contributed by atoms with E-state index in [1.165, 1.54) is 19.3 Å². The topological polar surface area (TPSA) is 59.5 Å². The number of aromatic nitrogens is 2. The normalized spacial score (nSPS) is 23.5. The average molecular weight is 306 g/mol. The Morgan fingerprint density at radius 2 is 2.23 bits per heavy atom. The van der Waals surface area contributed by atoms with Crippen LogP contribution in [-0.2, 0) is 9.47 Å². The minimum absolute atomic E-state index is 0.213. The Balaban J connectivity index is 1.50. The molecule has 0 bridgehead atoms. The zero-order chi connectivity index (χ0) is 15.2. The van der Waals surface area contributed by atoms with E-state index in [9.17, 15) is 0 Å². The molecule has 6 heteroatoms. The van der Waals surface area contributed by atoms with Gasteiger partial charge in [-0.3, -0.25) is 0 Å². The molecule has 0 radical (unpaired) electrons. The SMILES string of the molecule is CC(COC1CCOC1)Nc1cc(N2CCCCC2)ncn1. The Labute approximate surface area is 132 Å². The Bertz CT molecular complexity index is 459. The van der Waals surface area contributed by atoms with Gasteiger partial charge in [0.05, 0.1) is 19.3 Å². The summed E-state index contributed by atoms with van der Waals surface area (Å²) in [6.45, 7) is 6.50. The van der Waals surface area contributed by atoms with Crippen LogP contribution in [0, 0.1) is 0 Å². The highest BCUT2D eigenvalue weighted by atomic mass is 16.5. The summed E-state index contributed by atoms with van der Waals surface area (Å²) in [6.07, 6.45) is 6.72. The summed E-state index contributed by atoms with van der Waals surface area (Å²) < 4.78 is 11.2. The van der Waals surface area contributed by atoms with E-state index in [1.807, 2.05) is 6.07 Å². The largest absolute Gasteiger partial charge is 0.379 e. The average Bonchev–Trinajstić information content (AvgIpc) is 3.08. The van der Waals surface area contributed by atoms with E-state index in [0.717, 1.165) is 44.4 Å². The molecule has 0 saturated carbocycles. The van der Waals surface area contributed by atoms with Gasteiger partial charge in [-0.2, -0.15) is 0 Å². The van der Waals surface area contributed by atoms with Crippen LogP contribution in [-0.4, -0.2) is 55.0 Å². The van der Waals surface area contributed by atoms with Crippen LogP contribution in [0.4, 0.5) is 11.6 Å². The molecule has 6 nitrogen and oxygen atoms in total. The van der Waals surface area contributed by atoms with Gasteiger partial charge >= 0.3 is 0 Å². The van der Waals surface area contributed by atoms with Gasteiger partial charge in [0.1, 0.15) is 18.0 Å². The van der Waals surface area contributed by atoms with Crippen LogP contribution < -0.4 is 10.2 Å². The number of nitrogens with zero attached hydrogens (tertiary/aromatic N) is 3. The van der Waals surface area contributed by atoms with E-state index in [4.69, 9.17) is 9.47 Å². The quantitative estimate of drug-likeness (QED) is 0.868. The van der Waals surface area contributed by atoms with Crippen LogP contribution in [0.2, 0.25) is 0 Å². The maximum absolute atomic E-state index is 5.84. The predicted molar refractivity (Wildman–Crippen MR) is 86.4 cm³/mol. The molecular weight excluding hydrogens is 280 g/mol. The molecule has 122 valence electrons. The summed E-state index contributed by atoms with van der Waals surface area (Å²) in [5.41, 5.74) is 0. The van der Waals surface area contributed by atoms with Gasteiger partial charge in [0.25, 0.3) is 0 Å². The minimum atomic E-state index is 0.213. The maximum Gasteiger partial charge on any atom is 0.134 e. The minimum Gasteiger partial charge on any atom is -0.379 e. The molecule has 2 saturated heterocycles. The molecule has 2 aliphatic rings. The van der Waals surface area contributed by atoms with Crippen LogP contribution in [0.5, 0.6) is 0 Å². The smallest absolute Gasteiger partial charge is 0.134 e. The van der Waals surface area contributed by atoms with Crippen molar-refractivity contribution >= 4 is 11.6 Å². The highest BCUT2D eigenvalue weighted by Crippen LogP contribution is 2.19. The van der Waals surface area contributed by atoms with Crippen LogP contribution in [0.15, 0.2) is 12.4 Å². The molecule has 1 aromatic heterocycles. The predicted octanol–water partition coefficient (Wildman–Crippen LogP) is 2.07. The summed E-state index contributed by atoms with van der Waals surface area (Å²) in [5.74, 6) is 1.89. The molecule has 0 amide bonds. The molecule has 3 rings (SSSR count). The molecule has 3 heterocycles. The third-order valence-electron chi connectivity index (χ3n) is 4.20. The molecule has 1 aromatic rings. The molecule has 1 N–H and O–H groups in total. The lowest BCUT2D eigenvalue weighted by molar-refractivity contribution is 0.0395. The summed E-state index contributed by atoms with van der Waals surface area (Å²) in [7, 11) is 0. The Morgan fingerprint density at radius 3 is 3.00 bits per heavy atom. The second-order valence-corrected chi connectivity index (χ2v) is 6.17. The van der Waals surface area contributed by atoms with Gasteiger partial charge < -0.3 is 19.7 Å². The van der Waals surface area contributed by atoms with Crippen LogP contribution in [0.25, 0.3) is 0 Å². The Morgan fingerprint density at radius 1 is 1.36 bits per heavy atom. The van der Waals surface area contributed by atoms with Gasteiger partial charge in [-0.15, -0.1) is 0 Å². The number of hydrogen-bond acceptors (Lipinski definition) is 6. The molecule has 0 spiro atoms. The molecule has 2 fully saturated rings. The molecule has 0 aromatic carbocycles. The number of anilines is 2. The molecule has 2 unspecified atom stereocenters. The standard InChI is InChI=1S/C16H26N4O2/c1-13(10-22-14-5-8-21-11-14)19-15-9-16(18-12-17-15)20-6-3-2-4-7-20/h9,12-14H,2-8,10-11H2,1H3,(H,17,18,19). The van der Waals surface area contributed by atoms with Crippen molar-refractivity contribution in [2.24, 2.45) is 0 Å². The van der Waals surface area contributed by atoms with E-state index >= 15 is 0 Å². The Hall–Kier alpha value is -1.40. The first-order valence-corrected chi connectivity index (χ1v) is 8.34. The zero-order valence-electron chi connectivity index (χ0n) is 13.3. The fourth-order valence-corrected chi connectivity index (χ4v) is 2.94. The lowest BCUT2D eigenvalue weighted by Crippen LogP contribution is -2.30. The van der Waals surface area contributed by atoms with Crippen LogP contribution in [0.1, 0.15) is 32.6 Å². The van der Waals surface area contributed by atoms with Crippen LogP contribution >= 0.6 is 0 Å². The molecule has 2 atom stereocenters. The first kappa shape index (κ1) is 15.5. The van der Waals surface area contributed by atoms with E-state index < -0.39 is 0 Å². The van der Waals surface area contributed by atoms with Gasteiger partial charge in [-0.25, -0.2) is 9.97 Å². The fourth-order valence-electron chi connectivity index (χ4n) is 2.94. The highest BCUT2D eigenvalue weighted by Gasteiger charge is 2.17. The van der Waals surface area contributed by atoms with E-state index in [-0.39, 0.29) is 12.1 Å². The summed E-state index contributed by atoms with van der Waals surface area (Å²) in [4.78, 5) is 11.1. The number of rotatable bonds is 6. The molecule has 2 aliphatic heterocycles. The molecule has 0 aliphatic carbocycles. The summed E-state index contributed by atoms with van der Waals surface area (Å²) in [5, 5.41) is 3.40. The third kappa shape index (κ3) is 4.30.